The molecule has 5 nitrogen and oxygen atoms in total. The third-order valence-electron chi connectivity index (χ3n) is 5.25. The van der Waals surface area contributed by atoms with Crippen LogP contribution in [-0.2, 0) is 4.74 Å². The smallest absolute Gasteiger partial charge is 0.343 e. The number of fused-ring (bicyclic) bond motifs is 1. The van der Waals surface area contributed by atoms with Crippen LogP contribution in [0, 0.1) is 24.4 Å². The van der Waals surface area contributed by atoms with Gasteiger partial charge in [0.1, 0.15) is 23.0 Å². The van der Waals surface area contributed by atoms with Gasteiger partial charge in [-0.05, 0) is 48.9 Å². The third-order valence-corrected chi connectivity index (χ3v) is 5.25. The molecule has 29 heavy (non-hydrogen) atoms. The molecule has 0 aliphatic heterocycles. The van der Waals surface area contributed by atoms with E-state index in [1.807, 2.05) is 0 Å². The molecule has 0 spiro atoms. The number of hydrogen-bond acceptors (Lipinski definition) is 4. The van der Waals surface area contributed by atoms with Crippen LogP contribution in [0.3, 0.4) is 0 Å². The number of nitrogen functional groups attached to an aromatic ring is 1. The molecule has 0 atom stereocenters. The highest BCUT2D eigenvalue weighted by atomic mass is 19.1. The van der Waals surface area contributed by atoms with Gasteiger partial charge in [-0.15, -0.1) is 0 Å². The minimum atomic E-state index is -0.927. The van der Waals surface area contributed by atoms with Crippen LogP contribution in [0.4, 0.5) is 18.9 Å². The summed E-state index contributed by atoms with van der Waals surface area (Å²) >= 11 is 0. The van der Waals surface area contributed by atoms with E-state index in [4.69, 9.17) is 5.73 Å². The quantitative estimate of drug-likeness (QED) is 0.532. The van der Waals surface area contributed by atoms with Gasteiger partial charge in [0.15, 0.2) is 0 Å². The van der Waals surface area contributed by atoms with Crippen LogP contribution in [-0.4, -0.2) is 17.5 Å². The molecule has 3 aromatic rings. The first-order valence-corrected chi connectivity index (χ1v) is 8.96. The van der Waals surface area contributed by atoms with Gasteiger partial charge in [0.2, 0.25) is 0 Å². The standard InChI is InChI=1S/C21H17F3N2O3/c1-9-18(12-6-15(23)17(25)7-14(12)22)16(24)8-26-19(9)11(10-3-4-10)5-13(20(26)27)21(28)29-2/h5-8,10H,3-4,25H2,1-2H3. The molecule has 2 aromatic heterocycles. The fraction of sp³-hybridized carbons (Fsp3) is 0.238. The van der Waals surface area contributed by atoms with E-state index in [0.29, 0.717) is 11.1 Å². The topological polar surface area (TPSA) is 73.8 Å². The molecular weight excluding hydrogens is 385 g/mol. The Morgan fingerprint density at radius 2 is 1.83 bits per heavy atom. The maximum absolute atomic E-state index is 15.0. The number of ether oxygens (including phenoxy) is 1. The molecule has 1 saturated carbocycles. The number of carbonyl (C=O) groups excluding carboxylic acids is 1. The van der Waals surface area contributed by atoms with Crippen molar-refractivity contribution in [2.45, 2.75) is 25.7 Å². The van der Waals surface area contributed by atoms with Crippen molar-refractivity contribution in [3.8, 4) is 11.1 Å². The lowest BCUT2D eigenvalue weighted by atomic mass is 9.95. The number of pyridine rings is 2. The van der Waals surface area contributed by atoms with E-state index in [-0.39, 0.29) is 33.9 Å². The highest BCUT2D eigenvalue weighted by Crippen LogP contribution is 2.44. The summed E-state index contributed by atoms with van der Waals surface area (Å²) < 4.78 is 49.2. The fourth-order valence-electron chi connectivity index (χ4n) is 3.70. The van der Waals surface area contributed by atoms with Crippen LogP contribution in [0.15, 0.2) is 29.2 Å². The number of nitrogens with zero attached hydrogens (tertiary/aromatic N) is 1. The predicted molar refractivity (Wildman–Crippen MR) is 101 cm³/mol. The van der Waals surface area contributed by atoms with Gasteiger partial charge in [-0.2, -0.15) is 0 Å². The van der Waals surface area contributed by atoms with E-state index in [1.165, 1.54) is 13.0 Å². The lowest BCUT2D eigenvalue weighted by Crippen LogP contribution is -2.25. The molecule has 0 bridgehead atoms. The van der Waals surface area contributed by atoms with E-state index < -0.39 is 29.0 Å². The molecule has 0 saturated heterocycles. The van der Waals surface area contributed by atoms with Crippen molar-refractivity contribution in [3.05, 3.63) is 68.9 Å². The first kappa shape index (κ1) is 19.0. The Labute approximate surface area is 163 Å². The zero-order chi connectivity index (χ0) is 21.0. The van der Waals surface area contributed by atoms with Crippen molar-refractivity contribution in [2.24, 2.45) is 0 Å². The lowest BCUT2D eigenvalue weighted by Gasteiger charge is -2.17. The Hall–Kier alpha value is -3.29. The van der Waals surface area contributed by atoms with Crippen molar-refractivity contribution in [3.63, 3.8) is 0 Å². The number of methoxy groups -OCH3 is 1. The second-order valence-electron chi connectivity index (χ2n) is 7.13. The maximum atomic E-state index is 15.0. The Morgan fingerprint density at radius 1 is 1.14 bits per heavy atom. The number of rotatable bonds is 3. The molecule has 4 rings (SSSR count). The summed E-state index contributed by atoms with van der Waals surface area (Å²) in [7, 11) is 1.15. The first-order chi connectivity index (χ1) is 13.7. The molecule has 2 N–H and O–H groups in total. The molecule has 1 fully saturated rings. The second-order valence-corrected chi connectivity index (χ2v) is 7.13. The van der Waals surface area contributed by atoms with E-state index in [9.17, 15) is 18.4 Å². The minimum absolute atomic E-state index is 0.0824. The normalized spacial score (nSPS) is 13.7. The van der Waals surface area contributed by atoms with Crippen molar-refractivity contribution < 1.29 is 22.7 Å². The first-order valence-electron chi connectivity index (χ1n) is 8.96. The molecule has 0 amide bonds. The molecule has 150 valence electrons. The average molecular weight is 402 g/mol. The summed E-state index contributed by atoms with van der Waals surface area (Å²) in [6.45, 7) is 1.53. The van der Waals surface area contributed by atoms with Crippen molar-refractivity contribution in [1.29, 1.82) is 0 Å². The average Bonchev–Trinajstić information content (AvgIpc) is 3.51. The van der Waals surface area contributed by atoms with Crippen molar-refractivity contribution in [2.75, 3.05) is 12.8 Å². The number of esters is 1. The molecule has 0 unspecified atom stereocenters. The Bertz CT molecular complexity index is 1250. The number of aromatic nitrogens is 1. The molecule has 2 heterocycles. The van der Waals surface area contributed by atoms with E-state index in [0.717, 1.165) is 42.7 Å². The summed E-state index contributed by atoms with van der Waals surface area (Å²) in [5.41, 5.74) is 4.91. The molecule has 1 aliphatic rings. The van der Waals surface area contributed by atoms with Crippen molar-refractivity contribution >= 4 is 17.2 Å². The number of benzene rings is 1. The molecule has 1 aromatic carbocycles. The van der Waals surface area contributed by atoms with Gasteiger partial charge in [0.05, 0.1) is 18.3 Å². The summed E-state index contributed by atoms with van der Waals surface area (Å²) in [5.74, 6) is -3.42. The van der Waals surface area contributed by atoms with Gasteiger partial charge in [0.25, 0.3) is 5.56 Å². The molecule has 8 heteroatoms. The van der Waals surface area contributed by atoms with Crippen LogP contribution >= 0.6 is 0 Å². The van der Waals surface area contributed by atoms with E-state index in [2.05, 4.69) is 4.74 Å². The van der Waals surface area contributed by atoms with Crippen LogP contribution in [0.1, 0.15) is 40.2 Å². The minimum Gasteiger partial charge on any atom is -0.465 e. The second kappa shape index (κ2) is 6.65. The van der Waals surface area contributed by atoms with Crippen LogP contribution in [0.5, 0.6) is 0 Å². The van der Waals surface area contributed by atoms with Gasteiger partial charge in [0, 0.05) is 23.4 Å². The molecular formula is C21H17F3N2O3. The van der Waals surface area contributed by atoms with Gasteiger partial charge in [-0.1, -0.05) is 0 Å². The SMILES string of the molecule is COC(=O)c1cc(C2CC2)c2c(C)c(-c3cc(F)c(N)cc3F)c(F)cn2c1=O. The van der Waals surface area contributed by atoms with Gasteiger partial charge in [-0.3, -0.25) is 9.20 Å². The maximum Gasteiger partial charge on any atom is 0.343 e. The fourth-order valence-corrected chi connectivity index (χ4v) is 3.70. The third kappa shape index (κ3) is 2.95. The number of aryl methyl sites for hydroxylation is 1. The number of hydrogen-bond donors (Lipinski definition) is 1. The van der Waals surface area contributed by atoms with E-state index in [1.54, 1.807) is 0 Å². The Kier molecular flexibility index (Phi) is 4.37. The summed E-state index contributed by atoms with van der Waals surface area (Å²) in [4.78, 5) is 24.8. The number of nitrogens with two attached hydrogens (primary N) is 1. The molecule has 0 radical (unpaired) electrons. The number of carbonyl (C=O) groups is 1. The zero-order valence-electron chi connectivity index (χ0n) is 15.7. The number of halogens is 3. The Balaban J connectivity index is 2.11. The van der Waals surface area contributed by atoms with Crippen molar-refractivity contribution in [1.82, 2.24) is 4.40 Å². The largest absolute Gasteiger partial charge is 0.465 e. The Morgan fingerprint density at radius 3 is 2.45 bits per heavy atom. The van der Waals surface area contributed by atoms with Crippen LogP contribution < -0.4 is 11.3 Å². The number of anilines is 1. The molecule has 1 aliphatic carbocycles. The summed E-state index contributed by atoms with van der Waals surface area (Å²) in [6, 6.07) is 3.09. The van der Waals surface area contributed by atoms with E-state index >= 15 is 4.39 Å². The van der Waals surface area contributed by atoms with Gasteiger partial charge in [-0.25, -0.2) is 18.0 Å². The highest BCUT2D eigenvalue weighted by molar-refractivity contribution is 5.91. The van der Waals surface area contributed by atoms with Gasteiger partial charge >= 0.3 is 5.97 Å². The van der Waals surface area contributed by atoms with Gasteiger partial charge < -0.3 is 10.5 Å². The predicted octanol–water partition coefficient (Wildman–Crippen LogP) is 3.94. The zero-order valence-corrected chi connectivity index (χ0v) is 15.7. The lowest BCUT2D eigenvalue weighted by molar-refractivity contribution is 0.0598. The monoisotopic (exact) mass is 402 g/mol. The van der Waals surface area contributed by atoms with Crippen LogP contribution in [0.2, 0.25) is 0 Å². The summed E-state index contributed by atoms with van der Waals surface area (Å²) in [5, 5.41) is 0. The summed E-state index contributed by atoms with van der Waals surface area (Å²) in [6.07, 6.45) is 2.57. The highest BCUT2D eigenvalue weighted by Gasteiger charge is 2.31. The van der Waals surface area contributed by atoms with Crippen LogP contribution in [0.25, 0.3) is 16.6 Å².